The van der Waals surface area contributed by atoms with Gasteiger partial charge in [0.25, 0.3) is 0 Å². The van der Waals surface area contributed by atoms with E-state index in [2.05, 4.69) is 20.3 Å². The summed E-state index contributed by atoms with van der Waals surface area (Å²) in [6.45, 7) is 2.73. The third kappa shape index (κ3) is 2.82. The summed E-state index contributed by atoms with van der Waals surface area (Å²) in [4.78, 5) is 11.3. The van der Waals surface area contributed by atoms with Gasteiger partial charge in [-0.2, -0.15) is 0 Å². The highest BCUT2D eigenvalue weighted by Gasteiger charge is 2.27. The second-order valence-electron chi connectivity index (χ2n) is 4.43. The smallest absolute Gasteiger partial charge is 0.230 e. The molecule has 0 unspecified atom stereocenters. The molecule has 1 aromatic carbocycles. The van der Waals surface area contributed by atoms with Crippen LogP contribution in [-0.2, 0) is 5.60 Å². The number of nitrogens with one attached hydrogen (secondary N) is 1. The molecule has 2 N–H and O–H groups in total. The first kappa shape index (κ1) is 13.3. The lowest BCUT2D eigenvalue weighted by Crippen LogP contribution is -2.20. The van der Waals surface area contributed by atoms with Gasteiger partial charge in [0.05, 0.1) is 11.3 Å². The van der Waals surface area contributed by atoms with Gasteiger partial charge in [-0.3, -0.25) is 0 Å². The molecule has 0 aliphatic carbocycles. The molecule has 0 aliphatic heterocycles. The van der Waals surface area contributed by atoms with E-state index in [1.54, 1.807) is 0 Å². The Balaban J connectivity index is 2.49. The third-order valence-corrected chi connectivity index (χ3v) is 2.45. The highest BCUT2D eigenvalue weighted by Crippen LogP contribution is 2.32. The fourth-order valence-electron chi connectivity index (χ4n) is 1.68. The summed E-state index contributed by atoms with van der Waals surface area (Å²) in [7, 11) is 0. The van der Waals surface area contributed by atoms with Crippen LogP contribution >= 0.6 is 0 Å². The summed E-state index contributed by atoms with van der Waals surface area (Å²) < 4.78 is 27.1. The lowest BCUT2D eigenvalue weighted by molar-refractivity contribution is 0.0745. The Morgan fingerprint density at radius 2 is 1.79 bits per heavy atom. The van der Waals surface area contributed by atoms with Crippen LogP contribution in [-0.4, -0.2) is 20.1 Å². The van der Waals surface area contributed by atoms with Crippen LogP contribution in [0.4, 0.5) is 20.4 Å². The summed E-state index contributed by atoms with van der Waals surface area (Å²) in [5.41, 5.74) is -1.55. The molecular formula is C12H12F2N4O. The van der Waals surface area contributed by atoms with Crippen molar-refractivity contribution in [3.05, 3.63) is 42.0 Å². The minimum absolute atomic E-state index is 0.173. The standard InChI is InChI=1S/C12H12F2N4O/c1-12(2,19)9-8(4-3-7(13)10(9)14)18-11-16-5-15-6-17-11/h3-6,19H,1-2H3,(H,15,16,17,18). The predicted octanol–water partition coefficient (Wildman–Crippen LogP) is 2.12. The van der Waals surface area contributed by atoms with Crippen LogP contribution < -0.4 is 5.32 Å². The second kappa shape index (κ2) is 4.85. The van der Waals surface area contributed by atoms with Gasteiger partial charge in [0, 0.05) is 5.56 Å². The largest absolute Gasteiger partial charge is 0.386 e. The third-order valence-electron chi connectivity index (χ3n) is 2.45. The Labute approximate surface area is 108 Å². The molecule has 0 aliphatic rings. The van der Waals surface area contributed by atoms with Crippen LogP contribution in [0, 0.1) is 11.6 Å². The summed E-state index contributed by atoms with van der Waals surface area (Å²) in [5, 5.41) is 12.7. The van der Waals surface area contributed by atoms with Crippen molar-refractivity contribution in [3.8, 4) is 0 Å². The molecule has 19 heavy (non-hydrogen) atoms. The van der Waals surface area contributed by atoms with E-state index in [4.69, 9.17) is 0 Å². The van der Waals surface area contributed by atoms with Crippen molar-refractivity contribution in [2.45, 2.75) is 19.4 Å². The van der Waals surface area contributed by atoms with Crippen LogP contribution in [0.1, 0.15) is 19.4 Å². The maximum atomic E-state index is 13.8. The van der Waals surface area contributed by atoms with Gasteiger partial charge in [-0.05, 0) is 26.0 Å². The second-order valence-corrected chi connectivity index (χ2v) is 4.43. The number of hydrogen-bond acceptors (Lipinski definition) is 5. The number of halogens is 2. The van der Waals surface area contributed by atoms with E-state index in [9.17, 15) is 13.9 Å². The first-order chi connectivity index (χ1) is 8.89. The predicted molar refractivity (Wildman–Crippen MR) is 64.7 cm³/mol. The molecule has 2 rings (SSSR count). The average molecular weight is 266 g/mol. The number of hydrogen-bond donors (Lipinski definition) is 2. The van der Waals surface area contributed by atoms with E-state index in [1.165, 1.54) is 32.6 Å². The molecule has 0 bridgehead atoms. The maximum absolute atomic E-state index is 13.8. The number of benzene rings is 1. The molecule has 7 heteroatoms. The monoisotopic (exact) mass is 266 g/mol. The minimum Gasteiger partial charge on any atom is -0.386 e. The van der Waals surface area contributed by atoms with E-state index >= 15 is 0 Å². The summed E-state index contributed by atoms with van der Waals surface area (Å²) in [6.07, 6.45) is 2.53. The van der Waals surface area contributed by atoms with Gasteiger partial charge >= 0.3 is 0 Å². The van der Waals surface area contributed by atoms with Crippen molar-refractivity contribution in [1.82, 2.24) is 15.0 Å². The number of aromatic nitrogens is 3. The Kier molecular flexibility index (Phi) is 3.39. The fraction of sp³-hybridized carbons (Fsp3) is 0.250. The first-order valence-electron chi connectivity index (χ1n) is 5.49. The van der Waals surface area contributed by atoms with E-state index in [0.29, 0.717) is 0 Å². The van der Waals surface area contributed by atoms with Crippen LogP contribution in [0.5, 0.6) is 0 Å². The van der Waals surface area contributed by atoms with Gasteiger partial charge in [0.2, 0.25) is 5.95 Å². The Morgan fingerprint density at radius 3 is 2.37 bits per heavy atom. The van der Waals surface area contributed by atoms with Crippen LogP contribution in [0.25, 0.3) is 0 Å². The number of nitrogens with zero attached hydrogens (tertiary/aromatic N) is 3. The molecule has 0 atom stereocenters. The van der Waals surface area contributed by atoms with E-state index < -0.39 is 17.2 Å². The lowest BCUT2D eigenvalue weighted by atomic mass is 9.95. The van der Waals surface area contributed by atoms with Gasteiger partial charge in [-0.1, -0.05) is 0 Å². The molecular weight excluding hydrogens is 254 g/mol. The topological polar surface area (TPSA) is 70.9 Å². The van der Waals surface area contributed by atoms with Crippen molar-refractivity contribution in [1.29, 1.82) is 0 Å². The normalized spacial score (nSPS) is 11.4. The quantitative estimate of drug-likeness (QED) is 0.890. The minimum atomic E-state index is -1.55. The number of rotatable bonds is 3. The SMILES string of the molecule is CC(C)(O)c1c(Nc2ncncn2)ccc(F)c1F. The van der Waals surface area contributed by atoms with Crippen molar-refractivity contribution < 1.29 is 13.9 Å². The van der Waals surface area contributed by atoms with Gasteiger partial charge in [0.1, 0.15) is 12.7 Å². The molecule has 0 radical (unpaired) electrons. The van der Waals surface area contributed by atoms with E-state index in [-0.39, 0.29) is 17.2 Å². The molecule has 5 nitrogen and oxygen atoms in total. The van der Waals surface area contributed by atoms with Crippen molar-refractivity contribution in [3.63, 3.8) is 0 Å². The van der Waals surface area contributed by atoms with Crippen LogP contribution in [0.3, 0.4) is 0 Å². The van der Waals surface area contributed by atoms with Crippen LogP contribution in [0.15, 0.2) is 24.8 Å². The highest BCUT2D eigenvalue weighted by molar-refractivity contribution is 5.60. The van der Waals surface area contributed by atoms with Gasteiger partial charge < -0.3 is 10.4 Å². The fourth-order valence-corrected chi connectivity index (χ4v) is 1.68. The molecule has 1 heterocycles. The zero-order valence-corrected chi connectivity index (χ0v) is 10.4. The molecule has 0 saturated carbocycles. The van der Waals surface area contributed by atoms with Gasteiger partial charge in [-0.25, -0.2) is 23.7 Å². The average Bonchev–Trinajstić information content (AvgIpc) is 2.34. The molecule has 0 amide bonds. The number of anilines is 2. The Bertz CT molecular complexity index is 584. The summed E-state index contributed by atoms with van der Waals surface area (Å²) in [6, 6.07) is 2.28. The van der Waals surface area contributed by atoms with Gasteiger partial charge in [-0.15, -0.1) is 0 Å². The van der Waals surface area contributed by atoms with Crippen molar-refractivity contribution in [2.24, 2.45) is 0 Å². The maximum Gasteiger partial charge on any atom is 0.230 e. The molecule has 0 saturated heterocycles. The molecule has 100 valence electrons. The summed E-state index contributed by atoms with van der Waals surface area (Å²) >= 11 is 0. The molecule has 1 aromatic heterocycles. The summed E-state index contributed by atoms with van der Waals surface area (Å²) in [5.74, 6) is -1.96. The molecule has 2 aromatic rings. The van der Waals surface area contributed by atoms with Crippen molar-refractivity contribution in [2.75, 3.05) is 5.32 Å². The molecule has 0 spiro atoms. The lowest BCUT2D eigenvalue weighted by Gasteiger charge is -2.22. The van der Waals surface area contributed by atoms with E-state index in [1.807, 2.05) is 0 Å². The number of aliphatic hydroxyl groups is 1. The Hall–Kier alpha value is -2.15. The highest BCUT2D eigenvalue weighted by atomic mass is 19.2. The van der Waals surface area contributed by atoms with Crippen LogP contribution in [0.2, 0.25) is 0 Å². The zero-order chi connectivity index (χ0) is 14.0. The zero-order valence-electron chi connectivity index (χ0n) is 10.4. The van der Waals surface area contributed by atoms with E-state index in [0.717, 1.165) is 6.07 Å². The Morgan fingerprint density at radius 1 is 1.16 bits per heavy atom. The molecule has 0 fully saturated rings. The first-order valence-corrected chi connectivity index (χ1v) is 5.49. The van der Waals surface area contributed by atoms with Gasteiger partial charge in [0.15, 0.2) is 11.6 Å². The van der Waals surface area contributed by atoms with Crippen molar-refractivity contribution >= 4 is 11.6 Å².